The summed E-state index contributed by atoms with van der Waals surface area (Å²) in [5.74, 6) is 1.36. The van der Waals surface area contributed by atoms with Crippen molar-refractivity contribution in [2.24, 2.45) is 0 Å². The molecule has 0 unspecified atom stereocenters. The number of hydrogen-bond acceptors (Lipinski definition) is 1. The molecule has 4 rings (SSSR count). The van der Waals surface area contributed by atoms with Gasteiger partial charge in [0.25, 0.3) is 0 Å². The van der Waals surface area contributed by atoms with Crippen LogP contribution in [-0.2, 0) is 13.0 Å². The second-order valence-electron chi connectivity index (χ2n) is 11.3. The van der Waals surface area contributed by atoms with Crippen molar-refractivity contribution < 1.29 is 4.39 Å². The van der Waals surface area contributed by atoms with Crippen molar-refractivity contribution in [3.8, 4) is 0 Å². The number of hydrogen-bond donors (Lipinski definition) is 0. The highest BCUT2D eigenvalue weighted by Crippen LogP contribution is 2.29. The summed E-state index contributed by atoms with van der Waals surface area (Å²) < 4.78 is 15.2. The average molecular weight is 565 g/mol. The highest BCUT2D eigenvalue weighted by molar-refractivity contribution is 6.08. The maximum atomic E-state index is 13.0. The summed E-state index contributed by atoms with van der Waals surface area (Å²) in [7, 11) is 5.63. The molecule has 0 N–H and O–H groups in total. The third kappa shape index (κ3) is 12.8. The summed E-state index contributed by atoms with van der Waals surface area (Å²) in [5, 5.41) is 0. The molecule has 4 heteroatoms. The first kappa shape index (κ1) is 33.4. The SMILES string of the molecule is CCCCCCCCCCCCn1ccnc1Cc1ccc(F)cc1.[B]CCCC(c1ccccc1)c1ccccc1. The number of aryl methyl sites for hydroxylation is 1. The molecule has 4 aromatic rings. The lowest BCUT2D eigenvalue weighted by molar-refractivity contribution is 0.529. The number of aromatic nitrogens is 2. The Morgan fingerprint density at radius 2 is 1.24 bits per heavy atom. The molecule has 42 heavy (non-hydrogen) atoms. The fourth-order valence-corrected chi connectivity index (χ4v) is 5.48. The predicted octanol–water partition coefficient (Wildman–Crippen LogP) is 10.7. The lowest BCUT2D eigenvalue weighted by Crippen LogP contribution is -2.04. The minimum absolute atomic E-state index is 0.183. The van der Waals surface area contributed by atoms with Gasteiger partial charge in [0.1, 0.15) is 11.6 Å². The molecule has 0 atom stereocenters. The molecule has 0 aliphatic rings. The molecule has 0 amide bonds. The Balaban J connectivity index is 0.000000247. The van der Waals surface area contributed by atoms with Gasteiger partial charge in [-0.3, -0.25) is 0 Å². The van der Waals surface area contributed by atoms with Gasteiger partial charge in [-0.25, -0.2) is 9.37 Å². The van der Waals surface area contributed by atoms with E-state index in [0.717, 1.165) is 43.5 Å². The Kier molecular flexibility index (Phi) is 16.4. The molecule has 0 saturated heterocycles. The van der Waals surface area contributed by atoms with Crippen LogP contribution in [0.2, 0.25) is 6.32 Å². The first-order valence-corrected chi connectivity index (χ1v) is 16.3. The lowest BCUT2D eigenvalue weighted by atomic mass is 9.85. The Labute approximate surface area is 256 Å². The van der Waals surface area contributed by atoms with E-state index < -0.39 is 0 Å². The van der Waals surface area contributed by atoms with E-state index in [-0.39, 0.29) is 5.82 Å². The zero-order chi connectivity index (χ0) is 29.7. The van der Waals surface area contributed by atoms with Crippen LogP contribution in [0.1, 0.15) is 112 Å². The molecule has 0 fully saturated rings. The van der Waals surface area contributed by atoms with Crippen LogP contribution >= 0.6 is 0 Å². The van der Waals surface area contributed by atoms with Crippen molar-refractivity contribution in [2.45, 2.75) is 109 Å². The Morgan fingerprint density at radius 1 is 0.690 bits per heavy atom. The molecule has 2 radical (unpaired) electrons. The first-order chi connectivity index (χ1) is 20.7. The van der Waals surface area contributed by atoms with Crippen molar-refractivity contribution in [2.75, 3.05) is 0 Å². The van der Waals surface area contributed by atoms with Crippen LogP contribution < -0.4 is 0 Å². The Morgan fingerprint density at radius 3 is 1.79 bits per heavy atom. The second-order valence-corrected chi connectivity index (χ2v) is 11.3. The van der Waals surface area contributed by atoms with Crippen LogP contribution in [-0.4, -0.2) is 17.4 Å². The van der Waals surface area contributed by atoms with Crippen molar-refractivity contribution >= 4 is 7.85 Å². The topological polar surface area (TPSA) is 17.8 Å². The van der Waals surface area contributed by atoms with E-state index in [9.17, 15) is 4.39 Å². The number of unbranched alkanes of at least 4 members (excludes halogenated alkanes) is 9. The van der Waals surface area contributed by atoms with Crippen molar-refractivity contribution in [1.82, 2.24) is 9.55 Å². The third-order valence-electron chi connectivity index (χ3n) is 7.93. The largest absolute Gasteiger partial charge is 0.335 e. The number of nitrogens with zero attached hydrogens (tertiary/aromatic N) is 2. The van der Waals surface area contributed by atoms with E-state index in [0.29, 0.717) is 5.92 Å². The molecule has 3 aromatic carbocycles. The number of rotatable bonds is 18. The molecule has 2 nitrogen and oxygen atoms in total. The van der Waals surface area contributed by atoms with Crippen LogP contribution in [0.5, 0.6) is 0 Å². The van der Waals surface area contributed by atoms with Gasteiger partial charge in [-0.15, -0.1) is 0 Å². The molecule has 1 aromatic heterocycles. The third-order valence-corrected chi connectivity index (χ3v) is 7.93. The molecule has 1 heterocycles. The fraction of sp³-hybridized carbons (Fsp3) is 0.447. The normalized spacial score (nSPS) is 10.9. The van der Waals surface area contributed by atoms with E-state index >= 15 is 0 Å². The summed E-state index contributed by atoms with van der Waals surface area (Å²) in [6.07, 6.45) is 21.2. The highest BCUT2D eigenvalue weighted by atomic mass is 19.1. The number of benzene rings is 3. The molecule has 0 aliphatic heterocycles. The van der Waals surface area contributed by atoms with Crippen LogP contribution in [0.15, 0.2) is 97.3 Å². The molecule has 0 saturated carbocycles. The van der Waals surface area contributed by atoms with Crippen molar-refractivity contribution in [1.29, 1.82) is 0 Å². The Bertz CT molecular complexity index is 1150. The van der Waals surface area contributed by atoms with Crippen molar-refractivity contribution in [3.05, 3.63) is 126 Å². The maximum Gasteiger partial charge on any atom is 0.123 e. The van der Waals surface area contributed by atoms with E-state index in [2.05, 4.69) is 83.3 Å². The van der Waals surface area contributed by atoms with Gasteiger partial charge in [-0.05, 0) is 41.7 Å². The zero-order valence-electron chi connectivity index (χ0n) is 25.8. The van der Waals surface area contributed by atoms with E-state index in [1.54, 1.807) is 0 Å². The van der Waals surface area contributed by atoms with Gasteiger partial charge in [0.2, 0.25) is 0 Å². The summed E-state index contributed by atoms with van der Waals surface area (Å²) >= 11 is 0. The highest BCUT2D eigenvalue weighted by Gasteiger charge is 2.12. The van der Waals surface area contributed by atoms with Crippen LogP contribution in [0.4, 0.5) is 4.39 Å². The van der Waals surface area contributed by atoms with Gasteiger partial charge in [-0.1, -0.05) is 150 Å². The standard InChI is InChI=1S/C22H33FN2.C16H17B/c1-2-3-4-5-6-7-8-9-10-11-17-25-18-16-24-22(25)19-20-12-14-21(23)15-13-20;17-13-7-12-16(14-8-3-1-4-9-14)15-10-5-2-6-11-15/h12-16,18H,2-11,17,19H2,1H3;1-6,8-11,16H,7,12-13H2. The van der Waals surface area contributed by atoms with Crippen LogP contribution in [0.25, 0.3) is 0 Å². The summed E-state index contributed by atoms with van der Waals surface area (Å²) in [6.45, 7) is 3.30. The molecular formula is C38H50BFN2. The van der Waals surface area contributed by atoms with Gasteiger partial charge < -0.3 is 4.57 Å². The molecule has 0 spiro atoms. The second kappa shape index (κ2) is 20.7. The first-order valence-electron chi connectivity index (χ1n) is 16.3. The van der Waals surface area contributed by atoms with E-state index in [1.807, 2.05) is 18.3 Å². The van der Waals surface area contributed by atoms with Gasteiger partial charge in [0, 0.05) is 31.3 Å². The smallest absolute Gasteiger partial charge is 0.123 e. The predicted molar refractivity (Wildman–Crippen MR) is 178 cm³/mol. The van der Waals surface area contributed by atoms with Crippen molar-refractivity contribution in [3.63, 3.8) is 0 Å². The minimum atomic E-state index is -0.183. The van der Waals surface area contributed by atoms with E-state index in [4.69, 9.17) is 7.85 Å². The monoisotopic (exact) mass is 564 g/mol. The fourth-order valence-electron chi connectivity index (χ4n) is 5.48. The molecule has 0 aliphatic carbocycles. The van der Waals surface area contributed by atoms with Gasteiger partial charge in [0.05, 0.1) is 7.85 Å². The summed E-state index contributed by atoms with van der Waals surface area (Å²) in [6, 6.07) is 28.1. The maximum absolute atomic E-state index is 13.0. The summed E-state index contributed by atoms with van der Waals surface area (Å²) in [5.41, 5.74) is 3.87. The van der Waals surface area contributed by atoms with Crippen LogP contribution in [0, 0.1) is 5.82 Å². The minimum Gasteiger partial charge on any atom is -0.335 e. The molecular weight excluding hydrogens is 514 g/mol. The molecule has 222 valence electrons. The summed E-state index contributed by atoms with van der Waals surface area (Å²) in [4.78, 5) is 4.47. The average Bonchev–Trinajstić information content (AvgIpc) is 3.47. The lowest BCUT2D eigenvalue weighted by Gasteiger charge is -2.17. The molecule has 0 bridgehead atoms. The number of halogens is 1. The zero-order valence-corrected chi connectivity index (χ0v) is 25.8. The van der Waals surface area contributed by atoms with Gasteiger partial charge >= 0.3 is 0 Å². The quantitative estimate of drug-likeness (QED) is 0.0868. The van der Waals surface area contributed by atoms with Gasteiger partial charge in [-0.2, -0.15) is 0 Å². The Hall–Kier alpha value is -3.14. The number of imidazole rings is 1. The van der Waals surface area contributed by atoms with Gasteiger partial charge in [0.15, 0.2) is 0 Å². The van der Waals surface area contributed by atoms with Crippen LogP contribution in [0.3, 0.4) is 0 Å². The van der Waals surface area contributed by atoms with E-state index in [1.165, 1.54) is 87.5 Å².